The van der Waals surface area contributed by atoms with Gasteiger partial charge in [-0.25, -0.2) is 4.79 Å². The summed E-state index contributed by atoms with van der Waals surface area (Å²) in [5, 5.41) is 5.21. The lowest BCUT2D eigenvalue weighted by Crippen LogP contribution is -2.46. The third kappa shape index (κ3) is 5.91. The topological polar surface area (TPSA) is 131 Å². The highest BCUT2D eigenvalue weighted by Crippen LogP contribution is 2.20. The number of anilines is 1. The fourth-order valence-corrected chi connectivity index (χ4v) is 2.77. The van der Waals surface area contributed by atoms with Crippen LogP contribution in [-0.2, 0) is 4.79 Å². The Labute approximate surface area is 152 Å². The van der Waals surface area contributed by atoms with Crippen LogP contribution in [0.4, 0.5) is 10.5 Å². The molecule has 0 saturated carbocycles. The van der Waals surface area contributed by atoms with Crippen LogP contribution in [0.25, 0.3) is 0 Å². The lowest BCUT2D eigenvalue weighted by molar-refractivity contribution is -0.126. The maximum atomic E-state index is 12.7. The zero-order valence-corrected chi connectivity index (χ0v) is 14.7. The number of likely N-dealkylation sites (tertiary alicyclic amines) is 1. The molecule has 0 spiro atoms. The summed E-state index contributed by atoms with van der Waals surface area (Å²) in [5.41, 5.74) is 11.4. The minimum absolute atomic E-state index is 0. The minimum atomic E-state index is -0.686. The van der Waals surface area contributed by atoms with Gasteiger partial charge in [-0.1, -0.05) is 6.07 Å². The van der Waals surface area contributed by atoms with Crippen molar-refractivity contribution >= 4 is 35.9 Å². The molecule has 138 valence electrons. The molecule has 1 aromatic rings. The van der Waals surface area contributed by atoms with E-state index in [1.807, 2.05) is 0 Å². The van der Waals surface area contributed by atoms with Gasteiger partial charge < -0.3 is 27.0 Å². The van der Waals surface area contributed by atoms with Crippen LogP contribution in [-0.4, -0.2) is 48.9 Å². The van der Waals surface area contributed by atoms with E-state index in [9.17, 15) is 14.4 Å². The van der Waals surface area contributed by atoms with E-state index in [0.29, 0.717) is 37.4 Å². The number of hydrogen-bond donors (Lipinski definition) is 4. The molecule has 1 heterocycles. The number of carbonyl (C=O) groups excluding carboxylic acids is 3. The standard InChI is InChI=1S/C16H23N5O3.ClH/c17-6-7-19-14(22)12-4-2-8-21(10-12)15(23)11-3-1-5-13(9-11)20-16(18)24;/h1,3,5,9,12H,2,4,6-8,10,17H2,(H,19,22)(H3,18,20,24);1H. The predicted molar refractivity (Wildman–Crippen MR) is 97.6 cm³/mol. The normalized spacial score (nSPS) is 16.5. The van der Waals surface area contributed by atoms with Crippen molar-refractivity contribution in [3.05, 3.63) is 29.8 Å². The molecule has 1 fully saturated rings. The summed E-state index contributed by atoms with van der Waals surface area (Å²) in [6, 6.07) is 5.89. The summed E-state index contributed by atoms with van der Waals surface area (Å²) in [6.07, 6.45) is 1.52. The molecule has 1 unspecified atom stereocenters. The van der Waals surface area contributed by atoms with Gasteiger partial charge in [-0.2, -0.15) is 0 Å². The van der Waals surface area contributed by atoms with E-state index < -0.39 is 6.03 Å². The number of urea groups is 1. The summed E-state index contributed by atoms with van der Waals surface area (Å²) >= 11 is 0. The van der Waals surface area contributed by atoms with Crippen LogP contribution in [0.5, 0.6) is 0 Å². The highest BCUT2D eigenvalue weighted by molar-refractivity contribution is 5.97. The summed E-state index contributed by atoms with van der Waals surface area (Å²) in [6.45, 7) is 1.81. The second-order valence-electron chi connectivity index (χ2n) is 5.74. The molecule has 1 aromatic carbocycles. The monoisotopic (exact) mass is 369 g/mol. The maximum Gasteiger partial charge on any atom is 0.316 e. The first-order valence-corrected chi connectivity index (χ1v) is 7.95. The predicted octanol–water partition coefficient (Wildman–Crippen LogP) is 0.526. The first-order valence-electron chi connectivity index (χ1n) is 7.95. The molecule has 8 nitrogen and oxygen atoms in total. The van der Waals surface area contributed by atoms with Crippen LogP contribution < -0.4 is 22.1 Å². The van der Waals surface area contributed by atoms with Crippen LogP contribution in [0.2, 0.25) is 0 Å². The van der Waals surface area contributed by atoms with Gasteiger partial charge in [0, 0.05) is 37.4 Å². The van der Waals surface area contributed by atoms with Gasteiger partial charge in [-0.05, 0) is 31.0 Å². The molecule has 6 N–H and O–H groups in total. The smallest absolute Gasteiger partial charge is 0.316 e. The molecule has 0 aliphatic carbocycles. The van der Waals surface area contributed by atoms with Crippen molar-refractivity contribution < 1.29 is 14.4 Å². The van der Waals surface area contributed by atoms with Crippen molar-refractivity contribution in [3.8, 4) is 0 Å². The highest BCUT2D eigenvalue weighted by atomic mass is 35.5. The Morgan fingerprint density at radius 2 is 2.04 bits per heavy atom. The van der Waals surface area contributed by atoms with Gasteiger partial charge >= 0.3 is 6.03 Å². The number of benzene rings is 1. The average molecular weight is 370 g/mol. The van der Waals surface area contributed by atoms with E-state index in [4.69, 9.17) is 11.5 Å². The second-order valence-corrected chi connectivity index (χ2v) is 5.74. The van der Waals surface area contributed by atoms with Gasteiger partial charge in [0.2, 0.25) is 5.91 Å². The Hall–Kier alpha value is -2.32. The summed E-state index contributed by atoms with van der Waals surface area (Å²) in [5.74, 6) is -0.456. The van der Waals surface area contributed by atoms with Gasteiger partial charge in [0.15, 0.2) is 0 Å². The number of primary amides is 1. The molecule has 25 heavy (non-hydrogen) atoms. The first-order chi connectivity index (χ1) is 11.5. The number of piperidine rings is 1. The van der Waals surface area contributed by atoms with Crippen LogP contribution in [0, 0.1) is 5.92 Å². The minimum Gasteiger partial charge on any atom is -0.355 e. The quantitative estimate of drug-likeness (QED) is 0.602. The Bertz CT molecular complexity index is 626. The third-order valence-corrected chi connectivity index (χ3v) is 3.90. The Kier molecular flexibility index (Phi) is 8.17. The lowest BCUT2D eigenvalue weighted by atomic mass is 9.96. The molecule has 4 amide bonds. The van der Waals surface area contributed by atoms with Crippen molar-refractivity contribution in [3.63, 3.8) is 0 Å². The van der Waals surface area contributed by atoms with E-state index in [1.54, 1.807) is 29.2 Å². The fourth-order valence-electron chi connectivity index (χ4n) is 2.77. The number of rotatable bonds is 5. The van der Waals surface area contributed by atoms with Gasteiger partial charge in [0.1, 0.15) is 0 Å². The summed E-state index contributed by atoms with van der Waals surface area (Å²) < 4.78 is 0. The highest BCUT2D eigenvalue weighted by Gasteiger charge is 2.28. The maximum absolute atomic E-state index is 12.7. The third-order valence-electron chi connectivity index (χ3n) is 3.90. The number of nitrogens with one attached hydrogen (secondary N) is 2. The first kappa shape index (κ1) is 20.7. The summed E-state index contributed by atoms with van der Waals surface area (Å²) in [4.78, 5) is 37.3. The molecule has 1 atom stereocenters. The van der Waals surface area contributed by atoms with Crippen LogP contribution in [0.15, 0.2) is 24.3 Å². The molecule has 0 radical (unpaired) electrons. The van der Waals surface area contributed by atoms with Crippen molar-refractivity contribution in [1.29, 1.82) is 0 Å². The molecule has 9 heteroatoms. The molecule has 0 bridgehead atoms. The fraction of sp³-hybridized carbons (Fsp3) is 0.438. The molecular formula is C16H24ClN5O3. The number of carbonyl (C=O) groups is 3. The molecule has 1 aliphatic heterocycles. The molecule has 2 rings (SSSR count). The van der Waals surface area contributed by atoms with E-state index in [1.165, 1.54) is 0 Å². The Morgan fingerprint density at radius 1 is 1.28 bits per heavy atom. The van der Waals surface area contributed by atoms with E-state index in [2.05, 4.69) is 10.6 Å². The van der Waals surface area contributed by atoms with Gasteiger partial charge in [0.05, 0.1) is 5.92 Å². The molecule has 1 aliphatic rings. The van der Waals surface area contributed by atoms with Crippen molar-refractivity contribution in [2.24, 2.45) is 17.4 Å². The number of hydrogen-bond acceptors (Lipinski definition) is 4. The zero-order valence-electron chi connectivity index (χ0n) is 13.9. The average Bonchev–Trinajstić information content (AvgIpc) is 2.58. The van der Waals surface area contributed by atoms with Gasteiger partial charge in [-0.15, -0.1) is 12.4 Å². The number of nitrogens with zero attached hydrogens (tertiary/aromatic N) is 1. The van der Waals surface area contributed by atoms with Crippen molar-refractivity contribution in [2.45, 2.75) is 12.8 Å². The number of halogens is 1. The Morgan fingerprint density at radius 3 is 2.72 bits per heavy atom. The SMILES string of the molecule is Cl.NCCNC(=O)C1CCCN(C(=O)c2cccc(NC(N)=O)c2)C1. The molecule has 0 aromatic heterocycles. The number of amides is 4. The van der Waals surface area contributed by atoms with Crippen molar-refractivity contribution in [1.82, 2.24) is 10.2 Å². The van der Waals surface area contributed by atoms with Crippen LogP contribution in [0.3, 0.4) is 0 Å². The lowest BCUT2D eigenvalue weighted by Gasteiger charge is -2.32. The van der Waals surface area contributed by atoms with E-state index in [0.717, 1.165) is 12.8 Å². The molecular weight excluding hydrogens is 346 g/mol. The Balaban J connectivity index is 0.00000312. The number of nitrogens with two attached hydrogens (primary N) is 2. The van der Waals surface area contributed by atoms with Gasteiger partial charge in [-0.3, -0.25) is 9.59 Å². The van der Waals surface area contributed by atoms with E-state index >= 15 is 0 Å². The van der Waals surface area contributed by atoms with Crippen LogP contribution >= 0.6 is 12.4 Å². The summed E-state index contributed by atoms with van der Waals surface area (Å²) in [7, 11) is 0. The second kappa shape index (κ2) is 9.85. The molecule has 1 saturated heterocycles. The largest absolute Gasteiger partial charge is 0.355 e. The van der Waals surface area contributed by atoms with Crippen LogP contribution in [0.1, 0.15) is 23.2 Å². The van der Waals surface area contributed by atoms with Gasteiger partial charge in [0.25, 0.3) is 5.91 Å². The zero-order chi connectivity index (χ0) is 17.5. The van der Waals surface area contributed by atoms with E-state index in [-0.39, 0.29) is 30.1 Å². The van der Waals surface area contributed by atoms with Crippen molar-refractivity contribution in [2.75, 3.05) is 31.5 Å².